The van der Waals surface area contributed by atoms with Gasteiger partial charge >= 0.3 is 0 Å². The zero-order chi connectivity index (χ0) is 97.5. The van der Waals surface area contributed by atoms with E-state index >= 15 is 0 Å². The maximum atomic E-state index is 4.36. The van der Waals surface area contributed by atoms with Crippen LogP contribution in [0.4, 0.5) is 0 Å². The van der Waals surface area contributed by atoms with E-state index in [-0.39, 0.29) is 43.3 Å². The molecule has 0 amide bonds. The Bertz CT molecular complexity index is 6330. The molecular formula is C120H145N13S. The van der Waals surface area contributed by atoms with E-state index in [0.717, 1.165) is 34.7 Å². The average molecular weight is 1800 g/mol. The van der Waals surface area contributed by atoms with E-state index < -0.39 is 0 Å². The van der Waals surface area contributed by atoms with Crippen LogP contribution in [-0.2, 0) is 56.8 Å². The van der Waals surface area contributed by atoms with Crippen LogP contribution in [0, 0.1) is 5.41 Å². The monoisotopic (exact) mass is 1800 g/mol. The van der Waals surface area contributed by atoms with Gasteiger partial charge in [-0.2, -0.15) is 20.4 Å². The van der Waals surface area contributed by atoms with E-state index in [9.17, 15) is 0 Å². The van der Waals surface area contributed by atoms with Crippen molar-refractivity contribution < 1.29 is 0 Å². The second-order valence-electron chi connectivity index (χ2n) is 43.5. The van der Waals surface area contributed by atoms with Gasteiger partial charge in [0, 0.05) is 88.1 Å². The molecule has 0 aliphatic rings. The van der Waals surface area contributed by atoms with Crippen molar-refractivity contribution >= 4 is 43.9 Å². The lowest BCUT2D eigenvalue weighted by Crippen LogP contribution is -2.15. The summed E-state index contributed by atoms with van der Waals surface area (Å²) >= 11 is 1.89. The van der Waals surface area contributed by atoms with E-state index in [4.69, 9.17) is 0 Å². The first-order valence-corrected chi connectivity index (χ1v) is 47.6. The molecule has 0 saturated carbocycles. The number of para-hydroxylation sites is 2. The molecule has 0 radical (unpaired) electrons. The van der Waals surface area contributed by atoms with Gasteiger partial charge in [-0.25, -0.2) is 28.7 Å². The van der Waals surface area contributed by atoms with Crippen LogP contribution in [0.15, 0.2) is 360 Å². The van der Waals surface area contributed by atoms with Crippen LogP contribution < -0.4 is 0 Å². The zero-order valence-electron chi connectivity index (χ0n) is 85.0. The fourth-order valence-corrected chi connectivity index (χ4v) is 16.3. The minimum Gasteiger partial charge on any atom is -0.350 e. The summed E-state index contributed by atoms with van der Waals surface area (Å²) in [4.78, 5) is 19.2. The van der Waals surface area contributed by atoms with Gasteiger partial charge in [0.25, 0.3) is 0 Å². The average Bonchev–Trinajstić information content (AvgIpc) is 1.34. The van der Waals surface area contributed by atoms with Crippen molar-refractivity contribution in [3.63, 3.8) is 0 Å². The highest BCUT2D eigenvalue weighted by Crippen LogP contribution is 2.38. The molecular weight excluding hydrogens is 1660 g/mol. The van der Waals surface area contributed by atoms with Crippen LogP contribution >= 0.6 is 11.3 Å². The van der Waals surface area contributed by atoms with Gasteiger partial charge in [-0.15, -0.1) is 11.3 Å². The van der Waals surface area contributed by atoms with Crippen molar-refractivity contribution in [1.82, 2.24) is 63.6 Å². The van der Waals surface area contributed by atoms with Crippen LogP contribution in [0.25, 0.3) is 76.9 Å². The lowest BCUT2D eigenvalue weighted by atomic mass is 9.84. The Balaban J connectivity index is 0.000000156. The number of fused-ring (bicyclic) bond motifs is 3. The Labute approximate surface area is 805 Å². The molecule has 18 rings (SSSR count). The molecule has 8 heterocycles. The fourth-order valence-electron chi connectivity index (χ4n) is 15.2. The summed E-state index contributed by atoms with van der Waals surface area (Å²) in [5.41, 5.74) is 23.5. The third-order valence-electron chi connectivity index (χ3n) is 22.6. The summed E-state index contributed by atoms with van der Waals surface area (Å²) in [7, 11) is 2.11. The molecule has 10 aromatic carbocycles. The summed E-state index contributed by atoms with van der Waals surface area (Å²) in [6.45, 7) is 60.3. The lowest BCUT2D eigenvalue weighted by molar-refractivity contribution is 0.411. The molecule has 0 unspecified atom stereocenters. The van der Waals surface area contributed by atoms with Crippen molar-refractivity contribution in [1.29, 1.82) is 0 Å². The molecule has 8 aromatic heterocycles. The highest BCUT2D eigenvalue weighted by atomic mass is 32.1. The largest absolute Gasteiger partial charge is 0.350 e. The van der Waals surface area contributed by atoms with Crippen molar-refractivity contribution in [2.45, 2.75) is 237 Å². The molecule has 0 spiro atoms. The SMILES string of the molecule is CC(C)(C)Cc1ccc(-c2ccccc2)cc1.CC(C)(C)c1ccc(-c2ccccc2)s1.CC(C)(C)c1ccc(-n2cccn2)cc1.CC(C)(C)c1ccc(-n2cncn2)cc1.CC(C)(C)c1cccc(-n2cncn2)c1.CC(C)(C)c1cccc2cnccc12.CC(C)(C)c1cccc2ncccc12.CC(C)(C)c1ccccc1-n1cccn1.Cn1cc(C(C)(C)C)c2ccccc21. The van der Waals surface area contributed by atoms with Crippen molar-refractivity contribution in [2.75, 3.05) is 0 Å². The van der Waals surface area contributed by atoms with E-state index in [0.29, 0.717) is 5.41 Å². The summed E-state index contributed by atoms with van der Waals surface area (Å²) in [5.74, 6) is 0. The van der Waals surface area contributed by atoms with E-state index in [1.807, 2.05) is 82.0 Å². The number of hydrogen-bond donors (Lipinski definition) is 0. The first kappa shape index (κ1) is 103. The van der Waals surface area contributed by atoms with Gasteiger partial charge in [-0.05, 0) is 213 Å². The Morgan fingerprint density at radius 2 is 0.776 bits per heavy atom. The smallest absolute Gasteiger partial charge is 0.138 e. The number of aryl methyl sites for hydroxylation is 1. The quantitative estimate of drug-likeness (QED) is 0.154. The Morgan fingerprint density at radius 1 is 0.299 bits per heavy atom. The second-order valence-corrected chi connectivity index (χ2v) is 44.6. The molecule has 0 fully saturated rings. The molecule has 0 saturated heterocycles. The number of hydrogen-bond acceptors (Lipinski definition) is 9. The van der Waals surface area contributed by atoms with Gasteiger partial charge < -0.3 is 4.57 Å². The molecule has 134 heavy (non-hydrogen) atoms. The number of aromatic nitrogens is 13. The third kappa shape index (κ3) is 30.5. The summed E-state index contributed by atoms with van der Waals surface area (Å²) in [5, 5.41) is 21.9. The fraction of sp³-hybridized carbons (Fsp3) is 0.317. The Morgan fingerprint density at radius 3 is 1.29 bits per heavy atom. The molecule has 696 valence electrons. The molecule has 0 aliphatic heterocycles. The number of thiophene rings is 1. The minimum atomic E-state index is 0.141. The molecule has 0 bridgehead atoms. The maximum absolute atomic E-state index is 4.36. The van der Waals surface area contributed by atoms with Crippen molar-refractivity contribution in [2.24, 2.45) is 12.5 Å². The molecule has 0 N–H and O–H groups in total. The summed E-state index contributed by atoms with van der Waals surface area (Å²) in [6, 6.07) is 99.6. The number of benzene rings is 10. The molecule has 0 atom stereocenters. The molecule has 14 heteroatoms. The highest BCUT2D eigenvalue weighted by molar-refractivity contribution is 7.15. The predicted octanol–water partition coefficient (Wildman–Crippen LogP) is 31.7. The minimum absolute atomic E-state index is 0.141. The van der Waals surface area contributed by atoms with Crippen LogP contribution in [-0.4, -0.2) is 63.6 Å². The first-order valence-electron chi connectivity index (χ1n) is 46.7. The van der Waals surface area contributed by atoms with Crippen molar-refractivity contribution in [3.8, 4) is 44.3 Å². The summed E-state index contributed by atoms with van der Waals surface area (Å²) < 4.78 is 9.52. The maximum Gasteiger partial charge on any atom is 0.138 e. The van der Waals surface area contributed by atoms with Gasteiger partial charge in [-0.3, -0.25) is 9.97 Å². The van der Waals surface area contributed by atoms with Crippen LogP contribution in [0.1, 0.15) is 236 Å². The highest BCUT2D eigenvalue weighted by Gasteiger charge is 2.24. The van der Waals surface area contributed by atoms with E-state index in [1.54, 1.807) is 40.7 Å². The number of nitrogens with zero attached hydrogens (tertiary/aromatic N) is 13. The van der Waals surface area contributed by atoms with Gasteiger partial charge in [0.2, 0.25) is 0 Å². The topological polar surface area (TPSA) is 128 Å². The summed E-state index contributed by atoms with van der Waals surface area (Å²) in [6.07, 6.45) is 23.0. The van der Waals surface area contributed by atoms with E-state index in [1.165, 1.54) is 104 Å². The lowest BCUT2D eigenvalue weighted by Gasteiger charge is -2.22. The van der Waals surface area contributed by atoms with Crippen LogP contribution in [0.3, 0.4) is 0 Å². The normalized spacial score (nSPS) is 11.8. The van der Waals surface area contributed by atoms with Crippen LogP contribution in [0.5, 0.6) is 0 Å². The molecule has 13 nitrogen and oxygen atoms in total. The van der Waals surface area contributed by atoms with Crippen molar-refractivity contribution in [3.05, 3.63) is 409 Å². The Kier molecular flexibility index (Phi) is 34.7. The third-order valence-corrected chi connectivity index (χ3v) is 24.2. The zero-order valence-corrected chi connectivity index (χ0v) is 85.8. The van der Waals surface area contributed by atoms with E-state index in [2.05, 4.69) is 500 Å². The van der Waals surface area contributed by atoms with Gasteiger partial charge in [-0.1, -0.05) is 381 Å². The van der Waals surface area contributed by atoms with Gasteiger partial charge in [0.1, 0.15) is 25.3 Å². The number of rotatable bonds is 7. The van der Waals surface area contributed by atoms with Gasteiger partial charge in [0.15, 0.2) is 0 Å². The molecule has 18 aromatic rings. The number of pyridine rings is 2. The standard InChI is InChI=1S/C17H20.C14H16S.2C13H16N2.C13H17N.2C13H15N.2C12H15N3/c1-17(2,3)13-14-9-11-16(12-10-14)15-7-5-4-6-8-15;1-14(2,3)13-10-9-12(15-13)11-7-5-4-6-8-11;1-13(2,3)11-5-7-12(8-6-11)15-10-4-9-14-15;1-13(2,3)11-7-4-5-8-12(11)15-10-6-9-14-15;1-13(2,3)11-9-14(4)12-8-6-5-7-10(11)12;1-13(2,3)11-7-4-8-12-10(11)6-5-9-14-12;1-13(2,3)12-6-4-5-10-9-14-8-7-11(10)12;1-12(2,3)10-4-6-11(7-5-10)15-9-13-8-14-15;1-12(2,3)10-5-4-6-11(7-10)15-9-13-8-14-15/h4-12H,13H2,1-3H3;3*4-10H,1-3H3;5-9H,1-4H3;2*4-9H,1-3H3;2*4-9H,1-3H3. The first-order chi connectivity index (χ1) is 63.1. The van der Waals surface area contributed by atoms with Gasteiger partial charge in [0.05, 0.1) is 28.3 Å². The van der Waals surface area contributed by atoms with Crippen LogP contribution in [0.2, 0.25) is 0 Å². The Hall–Kier alpha value is -13.0. The predicted molar refractivity (Wildman–Crippen MR) is 571 cm³/mol. The second kappa shape index (κ2) is 45.1. The molecule has 0 aliphatic carbocycles.